The first-order chi connectivity index (χ1) is 9.19. The fourth-order valence-electron chi connectivity index (χ4n) is 2.23. The smallest absolute Gasteiger partial charge is 0.237 e. The molecule has 0 spiro atoms. The molecule has 0 aliphatic carbocycles. The summed E-state index contributed by atoms with van der Waals surface area (Å²) in [5.74, 6) is -0.264. The molecule has 2 N–H and O–H groups in total. The molecule has 1 aromatic rings. The summed E-state index contributed by atoms with van der Waals surface area (Å²) in [5, 5.41) is 5.98. The SMILES string of the molecule is COC1CNC(C(=O)NCCc2cccc(F)c2)C1. The molecule has 19 heavy (non-hydrogen) atoms. The van der Waals surface area contributed by atoms with Crippen LogP contribution >= 0.6 is 0 Å². The molecule has 1 amide bonds. The maximum absolute atomic E-state index is 13.0. The van der Waals surface area contributed by atoms with E-state index in [1.165, 1.54) is 12.1 Å². The predicted octanol–water partition coefficient (Wildman–Crippen LogP) is 0.861. The average molecular weight is 266 g/mol. The zero-order valence-electron chi connectivity index (χ0n) is 11.0. The lowest BCUT2D eigenvalue weighted by atomic mass is 10.1. The van der Waals surface area contributed by atoms with Crippen molar-refractivity contribution in [3.05, 3.63) is 35.6 Å². The molecule has 1 aliphatic heterocycles. The Bertz CT molecular complexity index is 439. The minimum Gasteiger partial charge on any atom is -0.380 e. The van der Waals surface area contributed by atoms with Crippen LogP contribution < -0.4 is 10.6 Å². The number of nitrogens with one attached hydrogen (secondary N) is 2. The Hall–Kier alpha value is -1.46. The predicted molar refractivity (Wildman–Crippen MR) is 70.3 cm³/mol. The summed E-state index contributed by atoms with van der Waals surface area (Å²) in [6.45, 7) is 1.22. The molecule has 104 valence electrons. The summed E-state index contributed by atoms with van der Waals surface area (Å²) >= 11 is 0. The van der Waals surface area contributed by atoms with Crippen molar-refractivity contribution in [2.45, 2.75) is 25.0 Å². The van der Waals surface area contributed by atoms with Crippen molar-refractivity contribution in [2.24, 2.45) is 0 Å². The Kier molecular flexibility index (Phi) is 4.87. The monoisotopic (exact) mass is 266 g/mol. The third kappa shape index (κ3) is 4.01. The van der Waals surface area contributed by atoms with Gasteiger partial charge in [0.2, 0.25) is 5.91 Å². The van der Waals surface area contributed by atoms with E-state index in [0.29, 0.717) is 25.9 Å². The number of hydrogen-bond acceptors (Lipinski definition) is 3. The number of halogens is 1. The number of hydrogen-bond donors (Lipinski definition) is 2. The molecule has 1 aromatic carbocycles. The molecule has 2 rings (SSSR count). The third-order valence-electron chi connectivity index (χ3n) is 3.34. The minimum absolute atomic E-state index is 0.0176. The largest absolute Gasteiger partial charge is 0.380 e. The van der Waals surface area contributed by atoms with Crippen LogP contribution in [0.5, 0.6) is 0 Å². The van der Waals surface area contributed by atoms with E-state index in [1.54, 1.807) is 13.2 Å². The maximum Gasteiger partial charge on any atom is 0.237 e. The molecule has 0 saturated carbocycles. The molecule has 0 bridgehead atoms. The first-order valence-electron chi connectivity index (χ1n) is 6.47. The van der Waals surface area contributed by atoms with Gasteiger partial charge >= 0.3 is 0 Å². The third-order valence-corrected chi connectivity index (χ3v) is 3.34. The summed E-state index contributed by atoms with van der Waals surface area (Å²) in [7, 11) is 1.65. The second-order valence-electron chi connectivity index (χ2n) is 4.73. The Morgan fingerprint density at radius 1 is 1.58 bits per heavy atom. The number of carbonyl (C=O) groups excluding carboxylic acids is 1. The Labute approximate surface area is 112 Å². The van der Waals surface area contributed by atoms with Crippen LogP contribution in [0.15, 0.2) is 24.3 Å². The van der Waals surface area contributed by atoms with Crippen LogP contribution in [0.4, 0.5) is 4.39 Å². The lowest BCUT2D eigenvalue weighted by Gasteiger charge is -2.11. The summed E-state index contributed by atoms with van der Waals surface area (Å²) in [4.78, 5) is 11.9. The highest BCUT2D eigenvalue weighted by molar-refractivity contribution is 5.82. The van der Waals surface area contributed by atoms with Gasteiger partial charge in [0.1, 0.15) is 5.82 Å². The number of methoxy groups -OCH3 is 1. The highest BCUT2D eigenvalue weighted by atomic mass is 19.1. The van der Waals surface area contributed by atoms with E-state index >= 15 is 0 Å². The standard InChI is InChI=1S/C14H19FN2O2/c1-19-12-8-13(17-9-12)14(18)16-6-5-10-3-2-4-11(15)7-10/h2-4,7,12-13,17H,5-6,8-9H2,1H3,(H,16,18). The molecule has 2 atom stereocenters. The van der Waals surface area contributed by atoms with Gasteiger partial charge in [-0.2, -0.15) is 0 Å². The highest BCUT2D eigenvalue weighted by Crippen LogP contribution is 2.09. The van der Waals surface area contributed by atoms with E-state index in [4.69, 9.17) is 4.74 Å². The summed E-state index contributed by atoms with van der Waals surface area (Å²) in [5.41, 5.74) is 0.884. The van der Waals surface area contributed by atoms with E-state index in [0.717, 1.165) is 5.56 Å². The van der Waals surface area contributed by atoms with E-state index in [1.807, 2.05) is 6.07 Å². The van der Waals surface area contributed by atoms with Gasteiger partial charge in [0.05, 0.1) is 12.1 Å². The Balaban J connectivity index is 1.72. The molecule has 1 aliphatic rings. The number of ether oxygens (including phenoxy) is 1. The van der Waals surface area contributed by atoms with Crippen LogP contribution in [-0.4, -0.2) is 38.3 Å². The van der Waals surface area contributed by atoms with Crippen LogP contribution in [0, 0.1) is 5.82 Å². The molecule has 2 unspecified atom stereocenters. The van der Waals surface area contributed by atoms with Gasteiger partial charge in [0.25, 0.3) is 0 Å². The van der Waals surface area contributed by atoms with Crippen LogP contribution in [0.2, 0.25) is 0 Å². The van der Waals surface area contributed by atoms with Crippen molar-refractivity contribution in [3.8, 4) is 0 Å². The second-order valence-corrected chi connectivity index (χ2v) is 4.73. The summed E-state index contributed by atoms with van der Waals surface area (Å²) in [6.07, 6.45) is 1.44. The zero-order chi connectivity index (χ0) is 13.7. The zero-order valence-corrected chi connectivity index (χ0v) is 11.0. The molecule has 1 heterocycles. The highest BCUT2D eigenvalue weighted by Gasteiger charge is 2.28. The van der Waals surface area contributed by atoms with Crippen molar-refractivity contribution in [1.29, 1.82) is 0 Å². The molecule has 1 saturated heterocycles. The number of carbonyl (C=O) groups is 1. The lowest BCUT2D eigenvalue weighted by Crippen LogP contribution is -2.41. The summed E-state index contributed by atoms with van der Waals surface area (Å²) in [6, 6.07) is 6.24. The topological polar surface area (TPSA) is 50.4 Å². The Morgan fingerprint density at radius 3 is 3.11 bits per heavy atom. The van der Waals surface area contributed by atoms with Crippen LogP contribution in [0.1, 0.15) is 12.0 Å². The summed E-state index contributed by atoms with van der Waals surface area (Å²) < 4.78 is 18.2. The number of benzene rings is 1. The van der Waals surface area contributed by atoms with E-state index in [-0.39, 0.29) is 23.9 Å². The van der Waals surface area contributed by atoms with E-state index < -0.39 is 0 Å². The molecule has 4 nitrogen and oxygen atoms in total. The van der Waals surface area contributed by atoms with Crippen molar-refractivity contribution in [3.63, 3.8) is 0 Å². The van der Waals surface area contributed by atoms with Crippen molar-refractivity contribution >= 4 is 5.91 Å². The van der Waals surface area contributed by atoms with Crippen molar-refractivity contribution in [2.75, 3.05) is 20.2 Å². The van der Waals surface area contributed by atoms with Crippen LogP contribution in [0.3, 0.4) is 0 Å². The molecule has 5 heteroatoms. The second kappa shape index (κ2) is 6.63. The normalized spacial score (nSPS) is 22.4. The van der Waals surface area contributed by atoms with Gasteiger partial charge in [0, 0.05) is 20.2 Å². The first-order valence-corrected chi connectivity index (χ1v) is 6.47. The van der Waals surface area contributed by atoms with Crippen LogP contribution in [-0.2, 0) is 16.0 Å². The lowest BCUT2D eigenvalue weighted by molar-refractivity contribution is -0.122. The number of rotatable bonds is 5. The van der Waals surface area contributed by atoms with Gasteiger partial charge < -0.3 is 15.4 Å². The molecule has 1 fully saturated rings. The van der Waals surface area contributed by atoms with E-state index in [2.05, 4.69) is 10.6 Å². The van der Waals surface area contributed by atoms with Gasteiger partial charge in [-0.05, 0) is 30.5 Å². The van der Waals surface area contributed by atoms with Gasteiger partial charge in [-0.1, -0.05) is 12.1 Å². The minimum atomic E-state index is -0.246. The van der Waals surface area contributed by atoms with Crippen LogP contribution in [0.25, 0.3) is 0 Å². The molecular formula is C14H19FN2O2. The number of amides is 1. The maximum atomic E-state index is 13.0. The Morgan fingerprint density at radius 2 is 2.42 bits per heavy atom. The fraction of sp³-hybridized carbons (Fsp3) is 0.500. The molecule has 0 radical (unpaired) electrons. The quantitative estimate of drug-likeness (QED) is 0.831. The first kappa shape index (κ1) is 14.0. The van der Waals surface area contributed by atoms with Gasteiger partial charge in [0.15, 0.2) is 0 Å². The van der Waals surface area contributed by atoms with E-state index in [9.17, 15) is 9.18 Å². The van der Waals surface area contributed by atoms with Gasteiger partial charge in [-0.25, -0.2) is 4.39 Å². The van der Waals surface area contributed by atoms with Crippen molar-refractivity contribution < 1.29 is 13.9 Å². The van der Waals surface area contributed by atoms with Crippen molar-refractivity contribution in [1.82, 2.24) is 10.6 Å². The van der Waals surface area contributed by atoms with Gasteiger partial charge in [-0.3, -0.25) is 4.79 Å². The molecule has 0 aromatic heterocycles. The van der Waals surface area contributed by atoms with Gasteiger partial charge in [-0.15, -0.1) is 0 Å². The fourth-order valence-corrected chi connectivity index (χ4v) is 2.23. The molecular weight excluding hydrogens is 247 g/mol. The average Bonchev–Trinajstić information content (AvgIpc) is 2.87.